The number of carboxylic acid groups (broad SMARTS) is 1. The van der Waals surface area contributed by atoms with Crippen LogP contribution in [0.2, 0.25) is 0 Å². The first-order chi connectivity index (χ1) is 17.5. The average Bonchev–Trinajstić information content (AvgIpc) is 3.62. The van der Waals surface area contributed by atoms with E-state index in [4.69, 9.17) is 0 Å². The van der Waals surface area contributed by atoms with Gasteiger partial charge in [0.15, 0.2) is 0 Å². The summed E-state index contributed by atoms with van der Waals surface area (Å²) in [5, 5.41) is 9.30. The zero-order valence-corrected chi connectivity index (χ0v) is 21.0. The summed E-state index contributed by atoms with van der Waals surface area (Å²) in [5.41, 5.74) is -1.29. The van der Waals surface area contributed by atoms with Crippen LogP contribution in [0.3, 0.4) is 0 Å². The van der Waals surface area contributed by atoms with E-state index in [1.54, 1.807) is 4.90 Å². The topological polar surface area (TPSA) is 64.1 Å². The van der Waals surface area contributed by atoms with Crippen LogP contribution in [0.5, 0.6) is 0 Å². The van der Waals surface area contributed by atoms with Gasteiger partial charge in [0.25, 0.3) is 5.91 Å². The third-order valence-electron chi connectivity index (χ3n) is 8.66. The van der Waals surface area contributed by atoms with Gasteiger partial charge in [-0.1, -0.05) is 6.07 Å². The number of amides is 1. The van der Waals surface area contributed by atoms with Crippen LogP contribution >= 0.6 is 0 Å². The minimum absolute atomic E-state index is 0.0518. The molecular weight excluding hydrogens is 490 g/mol. The maximum absolute atomic E-state index is 15.6. The lowest BCUT2D eigenvalue weighted by Gasteiger charge is -2.38. The van der Waals surface area contributed by atoms with Crippen LogP contribution in [0.15, 0.2) is 18.2 Å². The summed E-state index contributed by atoms with van der Waals surface area (Å²) in [4.78, 5) is 30.0. The maximum Gasteiger partial charge on any atom is 0.416 e. The van der Waals surface area contributed by atoms with Crippen molar-refractivity contribution in [2.45, 2.75) is 62.7 Å². The van der Waals surface area contributed by atoms with Crippen LogP contribution in [-0.2, 0) is 15.8 Å². The number of halogens is 4. The molecule has 4 fully saturated rings. The van der Waals surface area contributed by atoms with E-state index in [0.29, 0.717) is 70.0 Å². The van der Waals surface area contributed by atoms with Gasteiger partial charge >= 0.3 is 12.1 Å². The Morgan fingerprint density at radius 2 is 1.65 bits per heavy atom. The summed E-state index contributed by atoms with van der Waals surface area (Å²) < 4.78 is 56.2. The first-order valence-corrected chi connectivity index (χ1v) is 13.4. The molecule has 3 aliphatic heterocycles. The fourth-order valence-electron chi connectivity index (χ4n) is 6.23. The molecule has 4 aliphatic rings. The Balaban J connectivity index is 1.26. The molecular formula is C27H35F4N3O3. The number of carbonyl (C=O) groups excluding carboxylic acids is 1. The Kier molecular flexibility index (Phi) is 7.15. The molecule has 0 bridgehead atoms. The number of benzene rings is 1. The highest BCUT2D eigenvalue weighted by molar-refractivity contribution is 5.86. The normalized spacial score (nSPS) is 26.6. The molecule has 1 N–H and O–H groups in total. The molecule has 0 aromatic heterocycles. The lowest BCUT2D eigenvalue weighted by Crippen LogP contribution is -2.50. The zero-order chi connectivity index (χ0) is 26.4. The van der Waals surface area contributed by atoms with Gasteiger partial charge in [0.1, 0.15) is 0 Å². The molecule has 5 rings (SSSR count). The Hall–Kier alpha value is -2.36. The van der Waals surface area contributed by atoms with Crippen LogP contribution in [-0.4, -0.2) is 78.3 Å². The van der Waals surface area contributed by atoms with Gasteiger partial charge in [0.2, 0.25) is 5.67 Å². The van der Waals surface area contributed by atoms with Crippen molar-refractivity contribution < 1.29 is 32.3 Å². The summed E-state index contributed by atoms with van der Waals surface area (Å²) in [6.07, 6.45) is -0.0281. The Morgan fingerprint density at radius 3 is 2.24 bits per heavy atom. The molecule has 0 radical (unpaired) electrons. The number of anilines is 1. The molecule has 6 nitrogen and oxygen atoms in total. The van der Waals surface area contributed by atoms with E-state index in [1.807, 2.05) is 4.90 Å². The number of carbonyl (C=O) groups is 2. The summed E-state index contributed by atoms with van der Waals surface area (Å²) in [6, 6.07) is 3.81. The summed E-state index contributed by atoms with van der Waals surface area (Å²) in [5.74, 6) is -1.22. The molecule has 37 heavy (non-hydrogen) atoms. The van der Waals surface area contributed by atoms with E-state index in [9.17, 15) is 27.9 Å². The number of alkyl halides is 4. The second-order valence-electron chi connectivity index (χ2n) is 11.3. The van der Waals surface area contributed by atoms with Crippen molar-refractivity contribution in [2.24, 2.45) is 11.8 Å². The molecule has 3 saturated heterocycles. The lowest BCUT2D eigenvalue weighted by molar-refractivity contribution is -0.144. The third kappa shape index (κ3) is 5.73. The summed E-state index contributed by atoms with van der Waals surface area (Å²) in [6.45, 7) is 3.12. The Labute approximate surface area is 214 Å². The zero-order valence-electron chi connectivity index (χ0n) is 21.0. The molecule has 0 spiro atoms. The minimum Gasteiger partial charge on any atom is -0.481 e. The van der Waals surface area contributed by atoms with Gasteiger partial charge in [0, 0.05) is 57.9 Å². The van der Waals surface area contributed by atoms with E-state index < -0.39 is 35.2 Å². The van der Waals surface area contributed by atoms with Crippen molar-refractivity contribution >= 4 is 17.6 Å². The highest BCUT2D eigenvalue weighted by Gasteiger charge is 2.48. The van der Waals surface area contributed by atoms with Gasteiger partial charge in [-0.05, 0) is 68.1 Å². The second-order valence-corrected chi connectivity index (χ2v) is 11.3. The number of likely N-dealkylation sites (tertiary alicyclic amines) is 2. The number of hydrogen-bond acceptors (Lipinski definition) is 4. The smallest absolute Gasteiger partial charge is 0.416 e. The van der Waals surface area contributed by atoms with Gasteiger partial charge in [-0.15, -0.1) is 0 Å². The molecule has 1 atom stereocenters. The molecule has 3 heterocycles. The van der Waals surface area contributed by atoms with Gasteiger partial charge in [0.05, 0.1) is 11.5 Å². The standard InChI is InChI=1S/C27H35F4N3O3/c28-26(9-14-32(17-26)16-18-1-2-18)25(37)34-12-5-19(6-13-34)22-4-3-21(27(29,30)31)15-23(22)33-10-7-20(8-11-33)24(35)36/h3-4,15,18-20H,1-2,5-14,16-17H2,(H,35,36)/t26-/m1/s1. The fourth-order valence-corrected chi connectivity index (χ4v) is 6.23. The number of piperidine rings is 2. The number of carboxylic acids is 1. The van der Waals surface area contributed by atoms with E-state index in [-0.39, 0.29) is 18.9 Å². The van der Waals surface area contributed by atoms with Crippen molar-refractivity contribution in [3.05, 3.63) is 29.3 Å². The fraction of sp³-hybridized carbons (Fsp3) is 0.704. The van der Waals surface area contributed by atoms with Crippen molar-refractivity contribution in [3.8, 4) is 0 Å². The first kappa shape index (κ1) is 26.3. The highest BCUT2D eigenvalue weighted by Crippen LogP contribution is 2.41. The lowest BCUT2D eigenvalue weighted by atomic mass is 9.86. The van der Waals surface area contributed by atoms with Crippen LogP contribution in [0.4, 0.5) is 23.2 Å². The van der Waals surface area contributed by atoms with Gasteiger partial charge in [-0.2, -0.15) is 13.2 Å². The molecule has 1 aliphatic carbocycles. The van der Waals surface area contributed by atoms with Crippen molar-refractivity contribution in [2.75, 3.05) is 50.7 Å². The summed E-state index contributed by atoms with van der Waals surface area (Å²) in [7, 11) is 0. The van der Waals surface area contributed by atoms with Crippen molar-refractivity contribution in [1.82, 2.24) is 9.80 Å². The quantitative estimate of drug-likeness (QED) is 0.553. The SMILES string of the molecule is O=C(O)C1CCN(c2cc(C(F)(F)F)ccc2C2CCN(C(=O)[C@@]3(F)CCN(CC4CC4)C3)CC2)CC1. The Morgan fingerprint density at radius 1 is 0.973 bits per heavy atom. The average molecular weight is 526 g/mol. The number of hydrogen-bond donors (Lipinski definition) is 1. The van der Waals surface area contributed by atoms with E-state index in [1.165, 1.54) is 25.0 Å². The van der Waals surface area contributed by atoms with Crippen LogP contribution < -0.4 is 4.90 Å². The molecule has 1 amide bonds. The van der Waals surface area contributed by atoms with Gasteiger partial charge in [-0.3, -0.25) is 14.5 Å². The van der Waals surface area contributed by atoms with Crippen molar-refractivity contribution in [3.63, 3.8) is 0 Å². The van der Waals surface area contributed by atoms with E-state index >= 15 is 4.39 Å². The predicted octanol–water partition coefficient (Wildman–Crippen LogP) is 4.54. The number of aliphatic carboxylic acids is 1. The molecule has 0 unspecified atom stereocenters. The van der Waals surface area contributed by atoms with E-state index in [0.717, 1.165) is 18.2 Å². The molecule has 1 aromatic carbocycles. The molecule has 1 saturated carbocycles. The number of nitrogens with zero attached hydrogens (tertiary/aromatic N) is 3. The van der Waals surface area contributed by atoms with Crippen molar-refractivity contribution in [1.29, 1.82) is 0 Å². The van der Waals surface area contributed by atoms with E-state index in [2.05, 4.69) is 4.90 Å². The van der Waals surface area contributed by atoms with Crippen LogP contribution in [0, 0.1) is 11.8 Å². The minimum atomic E-state index is -4.48. The molecule has 10 heteroatoms. The maximum atomic E-state index is 15.6. The molecule has 204 valence electrons. The van der Waals surface area contributed by atoms with Crippen LogP contribution in [0.1, 0.15) is 62.0 Å². The number of rotatable bonds is 6. The van der Waals surface area contributed by atoms with Gasteiger partial charge in [-0.25, -0.2) is 4.39 Å². The first-order valence-electron chi connectivity index (χ1n) is 13.4. The Bertz CT molecular complexity index is 1010. The predicted molar refractivity (Wildman–Crippen MR) is 130 cm³/mol. The third-order valence-corrected chi connectivity index (χ3v) is 8.66. The monoisotopic (exact) mass is 525 g/mol. The largest absolute Gasteiger partial charge is 0.481 e. The summed E-state index contributed by atoms with van der Waals surface area (Å²) >= 11 is 0. The van der Waals surface area contributed by atoms with Crippen LogP contribution in [0.25, 0.3) is 0 Å². The second kappa shape index (κ2) is 10.1. The molecule has 1 aromatic rings. The highest BCUT2D eigenvalue weighted by atomic mass is 19.4. The van der Waals surface area contributed by atoms with Gasteiger partial charge < -0.3 is 14.9 Å².